The Morgan fingerprint density at radius 1 is 0.966 bits per heavy atom. The van der Waals surface area contributed by atoms with Crippen LogP contribution in [0, 0.1) is 0 Å². The summed E-state index contributed by atoms with van der Waals surface area (Å²) in [6.07, 6.45) is 0.165. The molecule has 0 atom stereocenters. The van der Waals surface area contributed by atoms with E-state index in [9.17, 15) is 13.2 Å². The van der Waals surface area contributed by atoms with Gasteiger partial charge in [0.1, 0.15) is 5.75 Å². The van der Waals surface area contributed by atoms with Gasteiger partial charge >= 0.3 is 0 Å². The first-order valence-electron chi connectivity index (χ1n) is 8.67. The lowest BCUT2D eigenvalue weighted by Gasteiger charge is -2.11. The number of carbonyl (C=O) groups excluding carboxylic acids is 1. The van der Waals surface area contributed by atoms with Gasteiger partial charge in [-0.25, -0.2) is 8.42 Å². The highest BCUT2D eigenvalue weighted by molar-refractivity contribution is 9.10. The number of hydrogen-bond acceptors (Lipinski definition) is 4. The Kier molecular flexibility index (Phi) is 6.56. The van der Waals surface area contributed by atoms with Crippen molar-refractivity contribution in [1.82, 2.24) is 0 Å². The average molecular weight is 475 g/mol. The molecule has 150 valence electrons. The number of anilines is 2. The van der Waals surface area contributed by atoms with Crippen molar-refractivity contribution in [2.45, 2.75) is 11.3 Å². The normalized spacial score (nSPS) is 11.0. The monoisotopic (exact) mass is 474 g/mol. The van der Waals surface area contributed by atoms with Crippen LogP contribution in [0.5, 0.6) is 5.75 Å². The van der Waals surface area contributed by atoms with E-state index in [-0.39, 0.29) is 17.2 Å². The molecule has 3 aromatic rings. The molecule has 0 aliphatic rings. The molecule has 2 N–H and O–H groups in total. The van der Waals surface area contributed by atoms with E-state index in [4.69, 9.17) is 4.74 Å². The van der Waals surface area contributed by atoms with E-state index in [0.29, 0.717) is 17.1 Å². The van der Waals surface area contributed by atoms with Crippen LogP contribution in [0.4, 0.5) is 11.4 Å². The lowest BCUT2D eigenvalue weighted by atomic mass is 10.1. The molecule has 0 heterocycles. The van der Waals surface area contributed by atoms with Gasteiger partial charge in [-0.15, -0.1) is 0 Å². The zero-order valence-electron chi connectivity index (χ0n) is 15.6. The molecule has 3 rings (SSSR count). The Balaban J connectivity index is 1.69. The van der Waals surface area contributed by atoms with Gasteiger partial charge in [0.05, 0.1) is 18.4 Å². The van der Waals surface area contributed by atoms with Gasteiger partial charge in [0.2, 0.25) is 5.91 Å². The molecule has 0 bridgehead atoms. The quantitative estimate of drug-likeness (QED) is 0.529. The number of methoxy groups -OCH3 is 1. The van der Waals surface area contributed by atoms with Gasteiger partial charge < -0.3 is 10.1 Å². The summed E-state index contributed by atoms with van der Waals surface area (Å²) in [5.41, 5.74) is 1.67. The molecule has 0 spiro atoms. The van der Waals surface area contributed by atoms with Crippen LogP contribution < -0.4 is 14.8 Å². The molecule has 0 saturated heterocycles. The van der Waals surface area contributed by atoms with Gasteiger partial charge in [0.15, 0.2) is 0 Å². The first-order valence-corrected chi connectivity index (χ1v) is 10.9. The largest absolute Gasteiger partial charge is 0.497 e. The Hall–Kier alpha value is -2.84. The van der Waals surface area contributed by atoms with Crippen molar-refractivity contribution in [3.63, 3.8) is 0 Å². The molecular weight excluding hydrogens is 456 g/mol. The second-order valence-electron chi connectivity index (χ2n) is 6.21. The van der Waals surface area contributed by atoms with Crippen LogP contribution in [0.3, 0.4) is 0 Å². The number of ether oxygens (including phenoxy) is 1. The SMILES string of the molecule is COc1ccc(CC(=O)Nc2cccc(S(=O)(=O)Nc3ccc(Br)cc3)c2)cc1. The highest BCUT2D eigenvalue weighted by Gasteiger charge is 2.15. The fourth-order valence-electron chi connectivity index (χ4n) is 2.61. The Morgan fingerprint density at radius 2 is 1.66 bits per heavy atom. The molecule has 0 unspecified atom stereocenters. The lowest BCUT2D eigenvalue weighted by molar-refractivity contribution is -0.115. The molecule has 0 aliphatic carbocycles. The number of rotatable bonds is 7. The second-order valence-corrected chi connectivity index (χ2v) is 8.81. The lowest BCUT2D eigenvalue weighted by Crippen LogP contribution is -2.16. The van der Waals surface area contributed by atoms with E-state index in [0.717, 1.165) is 10.0 Å². The summed E-state index contributed by atoms with van der Waals surface area (Å²) in [5.74, 6) is 0.468. The molecule has 1 amide bonds. The van der Waals surface area contributed by atoms with Crippen LogP contribution in [0.15, 0.2) is 82.2 Å². The number of carbonyl (C=O) groups is 1. The molecule has 6 nitrogen and oxygen atoms in total. The molecule has 3 aromatic carbocycles. The molecule has 29 heavy (non-hydrogen) atoms. The minimum atomic E-state index is -3.78. The number of nitrogens with one attached hydrogen (secondary N) is 2. The Bertz CT molecular complexity index is 1100. The molecule has 0 fully saturated rings. The third kappa shape index (κ3) is 5.82. The highest BCUT2D eigenvalue weighted by atomic mass is 79.9. The van der Waals surface area contributed by atoms with Crippen molar-refractivity contribution in [2.75, 3.05) is 17.1 Å². The summed E-state index contributed by atoms with van der Waals surface area (Å²) in [5, 5.41) is 2.73. The highest BCUT2D eigenvalue weighted by Crippen LogP contribution is 2.21. The van der Waals surface area contributed by atoms with E-state index in [1.165, 1.54) is 12.1 Å². The number of hydrogen-bond donors (Lipinski definition) is 2. The smallest absolute Gasteiger partial charge is 0.261 e. The Labute approximate surface area is 178 Å². The molecule has 0 radical (unpaired) electrons. The maximum atomic E-state index is 12.6. The van der Waals surface area contributed by atoms with Crippen LogP contribution in [-0.4, -0.2) is 21.4 Å². The topological polar surface area (TPSA) is 84.5 Å². The summed E-state index contributed by atoms with van der Waals surface area (Å²) in [6, 6.07) is 20.1. The zero-order chi connectivity index (χ0) is 20.9. The summed E-state index contributed by atoms with van der Waals surface area (Å²) in [4.78, 5) is 12.4. The van der Waals surface area contributed by atoms with Gasteiger partial charge in [-0.05, 0) is 60.2 Å². The second kappa shape index (κ2) is 9.11. The van der Waals surface area contributed by atoms with Crippen molar-refractivity contribution in [3.05, 3.63) is 82.8 Å². The predicted molar refractivity (Wildman–Crippen MR) is 117 cm³/mol. The molecule has 8 heteroatoms. The third-order valence-corrected chi connectivity index (χ3v) is 5.96. The minimum absolute atomic E-state index is 0.0580. The minimum Gasteiger partial charge on any atom is -0.497 e. The maximum absolute atomic E-state index is 12.6. The van der Waals surface area contributed by atoms with Crippen LogP contribution in [0.1, 0.15) is 5.56 Å². The maximum Gasteiger partial charge on any atom is 0.261 e. The first-order chi connectivity index (χ1) is 13.9. The van der Waals surface area contributed by atoms with Crippen LogP contribution in [0.2, 0.25) is 0 Å². The van der Waals surface area contributed by atoms with E-state index >= 15 is 0 Å². The number of halogens is 1. The molecule has 0 aliphatic heterocycles. The van der Waals surface area contributed by atoms with Crippen LogP contribution in [0.25, 0.3) is 0 Å². The molecule has 0 saturated carbocycles. The van der Waals surface area contributed by atoms with Crippen molar-refractivity contribution in [1.29, 1.82) is 0 Å². The number of sulfonamides is 1. The van der Waals surface area contributed by atoms with Gasteiger partial charge in [-0.3, -0.25) is 9.52 Å². The van der Waals surface area contributed by atoms with Crippen molar-refractivity contribution in [2.24, 2.45) is 0 Å². The van der Waals surface area contributed by atoms with Crippen LogP contribution >= 0.6 is 15.9 Å². The number of amides is 1. The summed E-state index contributed by atoms with van der Waals surface area (Å²) in [6.45, 7) is 0. The fourth-order valence-corrected chi connectivity index (χ4v) is 3.98. The first kappa shape index (κ1) is 20.9. The van der Waals surface area contributed by atoms with Crippen molar-refractivity contribution < 1.29 is 17.9 Å². The third-order valence-electron chi connectivity index (χ3n) is 4.05. The van der Waals surface area contributed by atoms with E-state index < -0.39 is 10.0 Å². The summed E-state index contributed by atoms with van der Waals surface area (Å²) < 4.78 is 33.7. The standard InChI is InChI=1S/C21H19BrN2O4S/c1-28-19-11-5-15(6-12-19)13-21(25)23-18-3-2-4-20(14-18)29(26,27)24-17-9-7-16(22)8-10-17/h2-12,14,24H,13H2,1H3,(H,23,25). The average Bonchev–Trinajstić information content (AvgIpc) is 2.70. The molecular formula is C21H19BrN2O4S. The fraction of sp³-hybridized carbons (Fsp3) is 0.0952. The van der Waals surface area contributed by atoms with Crippen molar-refractivity contribution in [3.8, 4) is 5.75 Å². The van der Waals surface area contributed by atoms with Crippen molar-refractivity contribution >= 4 is 43.2 Å². The summed E-state index contributed by atoms with van der Waals surface area (Å²) >= 11 is 3.31. The molecule has 0 aromatic heterocycles. The number of benzene rings is 3. The van der Waals surface area contributed by atoms with Gasteiger partial charge in [-0.2, -0.15) is 0 Å². The zero-order valence-corrected chi connectivity index (χ0v) is 18.0. The van der Waals surface area contributed by atoms with Gasteiger partial charge in [0, 0.05) is 15.8 Å². The van der Waals surface area contributed by atoms with E-state index in [2.05, 4.69) is 26.0 Å². The van der Waals surface area contributed by atoms with E-state index in [1.54, 1.807) is 67.8 Å². The predicted octanol–water partition coefficient (Wildman–Crippen LogP) is 4.44. The van der Waals surface area contributed by atoms with Gasteiger partial charge in [-0.1, -0.05) is 34.1 Å². The van der Waals surface area contributed by atoms with Gasteiger partial charge in [0.25, 0.3) is 10.0 Å². The van der Waals surface area contributed by atoms with Crippen LogP contribution in [-0.2, 0) is 21.2 Å². The van der Waals surface area contributed by atoms with E-state index in [1.807, 2.05) is 0 Å². The Morgan fingerprint density at radius 3 is 2.31 bits per heavy atom. The summed E-state index contributed by atoms with van der Waals surface area (Å²) in [7, 11) is -2.20.